The number of allylic oxidation sites excluding steroid dienone is 4. The van der Waals surface area contributed by atoms with Crippen molar-refractivity contribution in [3.05, 3.63) is 23.0 Å². The van der Waals surface area contributed by atoms with Crippen molar-refractivity contribution >= 4 is 11.6 Å². The Balaban J connectivity index is 3.44. The number of hydrogen-bond donors (Lipinski definition) is 0. The number of carbonyl (C=O) groups excluding carboxylic acids is 2. The van der Waals surface area contributed by atoms with Gasteiger partial charge in [0.05, 0.1) is 0 Å². The molecule has 1 rings (SSSR count). The summed E-state index contributed by atoms with van der Waals surface area (Å²) in [6.07, 6.45) is 1.21. The maximum atomic E-state index is 14.0. The Morgan fingerprint density at radius 3 is 1.71 bits per heavy atom. The van der Waals surface area contributed by atoms with Crippen LogP contribution in [0.4, 0.5) is 4.39 Å². The van der Waals surface area contributed by atoms with Crippen molar-refractivity contribution in [2.24, 2.45) is 10.8 Å². The molecular weight excluding hydrogens is 219 g/mol. The Labute approximate surface area is 102 Å². The molecule has 1 aliphatic carbocycles. The molecule has 0 aromatic rings. The van der Waals surface area contributed by atoms with E-state index in [2.05, 4.69) is 0 Å². The van der Waals surface area contributed by atoms with E-state index in [1.807, 2.05) is 0 Å². The molecule has 1 aliphatic rings. The standard InChI is InChI=1S/C14H19FO2/c1-13(2,3)8-7-9(15)10(14(4,5)6)12(17)11(8)16/h7H,1-6H3. The van der Waals surface area contributed by atoms with Gasteiger partial charge in [0, 0.05) is 11.1 Å². The highest BCUT2D eigenvalue weighted by Gasteiger charge is 2.39. The van der Waals surface area contributed by atoms with E-state index in [0.29, 0.717) is 0 Å². The van der Waals surface area contributed by atoms with Crippen LogP contribution in [0.2, 0.25) is 0 Å². The smallest absolute Gasteiger partial charge is 0.232 e. The molecule has 0 atom stereocenters. The molecule has 0 heterocycles. The molecule has 3 heteroatoms. The van der Waals surface area contributed by atoms with Crippen LogP contribution in [0.3, 0.4) is 0 Å². The summed E-state index contributed by atoms with van der Waals surface area (Å²) in [7, 11) is 0. The predicted molar refractivity (Wildman–Crippen MR) is 65.1 cm³/mol. The first-order valence-electron chi connectivity index (χ1n) is 5.67. The minimum atomic E-state index is -0.706. The number of Topliss-reactive ketones (excluding diaryl/α,β-unsaturated/α-hetero) is 2. The second kappa shape index (κ2) is 3.90. The fourth-order valence-electron chi connectivity index (χ4n) is 1.86. The zero-order valence-corrected chi connectivity index (χ0v) is 11.3. The zero-order valence-electron chi connectivity index (χ0n) is 11.3. The van der Waals surface area contributed by atoms with Gasteiger partial charge in [-0.3, -0.25) is 9.59 Å². The molecule has 0 aliphatic heterocycles. The van der Waals surface area contributed by atoms with Gasteiger partial charge in [0.15, 0.2) is 0 Å². The molecule has 0 bridgehead atoms. The molecule has 0 unspecified atom stereocenters. The quantitative estimate of drug-likeness (QED) is 0.479. The summed E-state index contributed by atoms with van der Waals surface area (Å²) in [6.45, 7) is 10.5. The van der Waals surface area contributed by atoms with Crippen molar-refractivity contribution in [2.45, 2.75) is 41.5 Å². The van der Waals surface area contributed by atoms with Crippen LogP contribution in [0.1, 0.15) is 41.5 Å². The summed E-state index contributed by atoms with van der Waals surface area (Å²) < 4.78 is 14.0. The van der Waals surface area contributed by atoms with Gasteiger partial charge in [0.2, 0.25) is 11.6 Å². The first-order valence-corrected chi connectivity index (χ1v) is 5.67. The first kappa shape index (κ1) is 13.8. The monoisotopic (exact) mass is 238 g/mol. The van der Waals surface area contributed by atoms with Crippen LogP contribution < -0.4 is 0 Å². The number of rotatable bonds is 0. The Morgan fingerprint density at radius 1 is 0.882 bits per heavy atom. The SMILES string of the molecule is CC(C)(C)C1=CC(F)=C(C(C)(C)C)C(=O)C1=O. The number of carbonyl (C=O) groups is 2. The number of hydrogen-bond acceptors (Lipinski definition) is 2. The molecule has 0 aromatic carbocycles. The van der Waals surface area contributed by atoms with Crippen molar-refractivity contribution in [3.63, 3.8) is 0 Å². The lowest BCUT2D eigenvalue weighted by atomic mass is 9.73. The summed E-state index contributed by atoms with van der Waals surface area (Å²) in [6, 6.07) is 0. The molecule has 0 saturated heterocycles. The molecule has 17 heavy (non-hydrogen) atoms. The molecule has 0 saturated carbocycles. The summed E-state index contributed by atoms with van der Waals surface area (Å²) in [5.74, 6) is -1.86. The molecule has 0 aromatic heterocycles. The third kappa shape index (κ3) is 2.54. The predicted octanol–water partition coefficient (Wildman–Crippen LogP) is 3.38. The van der Waals surface area contributed by atoms with Gasteiger partial charge in [-0.25, -0.2) is 4.39 Å². The lowest BCUT2D eigenvalue weighted by Gasteiger charge is -2.29. The molecule has 2 nitrogen and oxygen atoms in total. The average Bonchev–Trinajstić information content (AvgIpc) is 2.07. The first-order chi connectivity index (χ1) is 7.46. The molecule has 0 spiro atoms. The summed E-state index contributed by atoms with van der Waals surface area (Å²) in [4.78, 5) is 23.9. The van der Waals surface area contributed by atoms with Crippen LogP contribution in [-0.2, 0) is 9.59 Å². The maximum Gasteiger partial charge on any atom is 0.232 e. The van der Waals surface area contributed by atoms with E-state index in [9.17, 15) is 14.0 Å². The molecule has 94 valence electrons. The van der Waals surface area contributed by atoms with Crippen molar-refractivity contribution in [3.8, 4) is 0 Å². The minimum Gasteiger partial charge on any atom is -0.285 e. The van der Waals surface area contributed by atoms with Crippen LogP contribution in [0, 0.1) is 10.8 Å². The van der Waals surface area contributed by atoms with Gasteiger partial charge in [-0.05, 0) is 16.9 Å². The van der Waals surface area contributed by atoms with Gasteiger partial charge in [0.25, 0.3) is 0 Å². The van der Waals surface area contributed by atoms with Gasteiger partial charge in [-0.2, -0.15) is 0 Å². The minimum absolute atomic E-state index is 0.0181. The Morgan fingerprint density at radius 2 is 1.35 bits per heavy atom. The Kier molecular flexibility index (Phi) is 3.17. The van der Waals surface area contributed by atoms with Crippen molar-refractivity contribution in [2.75, 3.05) is 0 Å². The highest BCUT2D eigenvalue weighted by Crippen LogP contribution is 2.38. The largest absolute Gasteiger partial charge is 0.285 e. The Bertz CT molecular complexity index is 440. The molecule has 0 radical (unpaired) electrons. The van der Waals surface area contributed by atoms with E-state index >= 15 is 0 Å². The third-order valence-electron chi connectivity index (χ3n) is 2.75. The van der Waals surface area contributed by atoms with E-state index in [1.54, 1.807) is 41.5 Å². The highest BCUT2D eigenvalue weighted by atomic mass is 19.1. The lowest BCUT2D eigenvalue weighted by molar-refractivity contribution is -0.133. The van der Waals surface area contributed by atoms with Crippen LogP contribution >= 0.6 is 0 Å². The van der Waals surface area contributed by atoms with E-state index < -0.39 is 28.2 Å². The summed E-state index contributed by atoms with van der Waals surface area (Å²) in [5, 5.41) is 0. The van der Waals surface area contributed by atoms with Gasteiger partial charge in [-0.1, -0.05) is 41.5 Å². The van der Waals surface area contributed by atoms with Crippen molar-refractivity contribution < 1.29 is 14.0 Å². The van der Waals surface area contributed by atoms with Gasteiger partial charge in [-0.15, -0.1) is 0 Å². The van der Waals surface area contributed by atoms with Crippen LogP contribution in [0.25, 0.3) is 0 Å². The normalized spacial score (nSPS) is 18.6. The summed E-state index contributed by atoms with van der Waals surface area (Å²) >= 11 is 0. The van der Waals surface area contributed by atoms with Gasteiger partial charge >= 0.3 is 0 Å². The maximum absolute atomic E-state index is 14.0. The molecule has 0 N–H and O–H groups in total. The van der Waals surface area contributed by atoms with Crippen molar-refractivity contribution in [1.29, 1.82) is 0 Å². The third-order valence-corrected chi connectivity index (χ3v) is 2.75. The molecule has 0 fully saturated rings. The second-order valence-corrected chi connectivity index (χ2v) is 6.44. The van der Waals surface area contributed by atoms with E-state index in [0.717, 1.165) is 0 Å². The topological polar surface area (TPSA) is 34.1 Å². The number of ketones is 2. The molecule has 0 amide bonds. The zero-order chi connectivity index (χ0) is 13.6. The lowest BCUT2D eigenvalue weighted by Crippen LogP contribution is -2.33. The van der Waals surface area contributed by atoms with Crippen LogP contribution in [0.5, 0.6) is 0 Å². The van der Waals surface area contributed by atoms with Crippen LogP contribution in [0.15, 0.2) is 23.0 Å². The second-order valence-electron chi connectivity index (χ2n) is 6.44. The summed E-state index contributed by atoms with van der Waals surface area (Å²) in [5.41, 5.74) is -0.951. The Hall–Kier alpha value is -1.25. The van der Waals surface area contributed by atoms with Crippen LogP contribution in [-0.4, -0.2) is 11.6 Å². The van der Waals surface area contributed by atoms with E-state index in [1.165, 1.54) is 6.08 Å². The van der Waals surface area contributed by atoms with E-state index in [4.69, 9.17) is 0 Å². The molecular formula is C14H19FO2. The van der Waals surface area contributed by atoms with Gasteiger partial charge in [0.1, 0.15) is 5.83 Å². The average molecular weight is 238 g/mol. The van der Waals surface area contributed by atoms with Gasteiger partial charge < -0.3 is 0 Å². The van der Waals surface area contributed by atoms with Crippen molar-refractivity contribution in [1.82, 2.24) is 0 Å². The van der Waals surface area contributed by atoms with E-state index in [-0.39, 0.29) is 11.1 Å². The fourth-order valence-corrected chi connectivity index (χ4v) is 1.86. The number of halogens is 1. The fraction of sp³-hybridized carbons (Fsp3) is 0.571. The highest BCUT2D eigenvalue weighted by molar-refractivity contribution is 6.50.